The Balaban J connectivity index is 1.50. The van der Waals surface area contributed by atoms with E-state index in [1.165, 1.54) is 6.07 Å². The first kappa shape index (κ1) is 19.9. The van der Waals surface area contributed by atoms with Gasteiger partial charge < -0.3 is 4.90 Å². The molecule has 0 aliphatic carbocycles. The van der Waals surface area contributed by atoms with Gasteiger partial charge in [-0.3, -0.25) is 14.5 Å². The van der Waals surface area contributed by atoms with Crippen LogP contribution in [0.5, 0.6) is 0 Å². The molecule has 1 aliphatic heterocycles. The molecule has 0 spiro atoms. The monoisotopic (exact) mass is 418 g/mol. The van der Waals surface area contributed by atoms with Crippen molar-refractivity contribution < 1.29 is 14.0 Å². The summed E-state index contributed by atoms with van der Waals surface area (Å²) < 4.78 is 13.9. The summed E-state index contributed by atoms with van der Waals surface area (Å²) in [4.78, 5) is 28.5. The van der Waals surface area contributed by atoms with Crippen LogP contribution in [-0.4, -0.2) is 23.1 Å². The van der Waals surface area contributed by atoms with Gasteiger partial charge in [0.25, 0.3) is 11.1 Å². The van der Waals surface area contributed by atoms with E-state index in [-0.39, 0.29) is 6.54 Å². The van der Waals surface area contributed by atoms with Gasteiger partial charge in [0.2, 0.25) is 0 Å². The number of thioether (sulfide) groups is 1. The van der Waals surface area contributed by atoms with Crippen molar-refractivity contribution in [3.8, 4) is 0 Å². The molecule has 0 N–H and O–H groups in total. The highest BCUT2D eigenvalue weighted by Crippen LogP contribution is 2.34. The number of hydrogen-bond donors (Lipinski definition) is 0. The molecule has 150 valence electrons. The molecule has 0 saturated carbocycles. The fourth-order valence-electron chi connectivity index (χ4n) is 3.18. The number of hydrogen-bond acceptors (Lipinski definition) is 4. The molecule has 1 aliphatic rings. The van der Waals surface area contributed by atoms with Crippen LogP contribution >= 0.6 is 11.8 Å². The molecule has 0 bridgehead atoms. The van der Waals surface area contributed by atoms with E-state index in [0.29, 0.717) is 10.5 Å². The number of rotatable bonds is 5. The van der Waals surface area contributed by atoms with Crippen molar-refractivity contribution in [2.75, 3.05) is 11.9 Å². The molecule has 0 atom stereocenters. The Bertz CT molecular complexity index is 1110. The van der Waals surface area contributed by atoms with Crippen LogP contribution in [0.2, 0.25) is 0 Å². The minimum absolute atomic E-state index is 0.0739. The van der Waals surface area contributed by atoms with Gasteiger partial charge in [0.1, 0.15) is 5.82 Å². The largest absolute Gasteiger partial charge is 0.345 e. The van der Waals surface area contributed by atoms with E-state index in [4.69, 9.17) is 0 Å². The summed E-state index contributed by atoms with van der Waals surface area (Å²) in [6.45, 7) is -0.0739. The molecule has 0 aromatic heterocycles. The van der Waals surface area contributed by atoms with Gasteiger partial charge >= 0.3 is 0 Å². The molecule has 0 radical (unpaired) electrons. The lowest BCUT2D eigenvalue weighted by Crippen LogP contribution is -2.27. The second-order valence-electron chi connectivity index (χ2n) is 6.85. The lowest BCUT2D eigenvalue weighted by Gasteiger charge is -2.19. The zero-order valence-corrected chi connectivity index (χ0v) is 17.1. The zero-order valence-electron chi connectivity index (χ0n) is 16.3. The van der Waals surface area contributed by atoms with Crippen LogP contribution in [0.4, 0.5) is 20.6 Å². The van der Waals surface area contributed by atoms with E-state index >= 15 is 0 Å². The Hall–Kier alpha value is -3.38. The van der Waals surface area contributed by atoms with Crippen LogP contribution < -0.4 is 4.90 Å². The second kappa shape index (κ2) is 8.55. The number of amides is 2. The number of anilines is 2. The van der Waals surface area contributed by atoms with Crippen molar-refractivity contribution in [2.45, 2.75) is 6.54 Å². The molecular formula is C24H19FN2O2S. The topological polar surface area (TPSA) is 40.6 Å². The number of halogens is 1. The lowest BCUT2D eigenvalue weighted by molar-refractivity contribution is -0.123. The maximum atomic E-state index is 13.9. The van der Waals surface area contributed by atoms with Crippen molar-refractivity contribution >= 4 is 40.4 Å². The van der Waals surface area contributed by atoms with Crippen molar-refractivity contribution in [1.29, 1.82) is 0 Å². The first-order valence-electron chi connectivity index (χ1n) is 9.40. The molecule has 3 aromatic carbocycles. The van der Waals surface area contributed by atoms with Gasteiger partial charge in [-0.2, -0.15) is 0 Å². The SMILES string of the molecule is CN(c1ccccc1)c1ccc(/C=C2\SC(=O)N(Cc3ccccc3F)C2=O)cc1. The van der Waals surface area contributed by atoms with Crippen LogP contribution in [0, 0.1) is 5.82 Å². The third-order valence-electron chi connectivity index (χ3n) is 4.88. The Morgan fingerprint density at radius 2 is 1.53 bits per heavy atom. The third kappa shape index (κ3) is 4.14. The standard InChI is InChI=1S/C24H19FN2O2S/c1-26(19-8-3-2-4-9-19)20-13-11-17(12-14-20)15-22-23(28)27(24(29)30-22)16-18-7-5-6-10-21(18)25/h2-15H,16H2,1H3/b22-15-. The fourth-order valence-corrected chi connectivity index (χ4v) is 4.02. The van der Waals surface area contributed by atoms with E-state index in [0.717, 1.165) is 33.6 Å². The minimum Gasteiger partial charge on any atom is -0.345 e. The quantitative estimate of drug-likeness (QED) is 0.489. The number of carbonyl (C=O) groups is 2. The predicted molar refractivity (Wildman–Crippen MR) is 119 cm³/mol. The molecule has 1 saturated heterocycles. The van der Waals surface area contributed by atoms with Crippen molar-refractivity contribution in [1.82, 2.24) is 4.90 Å². The fraction of sp³-hybridized carbons (Fsp3) is 0.0833. The number of benzene rings is 3. The normalized spacial score (nSPS) is 15.1. The highest BCUT2D eigenvalue weighted by atomic mass is 32.2. The summed E-state index contributed by atoms with van der Waals surface area (Å²) >= 11 is 0.875. The molecule has 6 heteroatoms. The Labute approximate surface area is 178 Å². The van der Waals surface area contributed by atoms with E-state index in [9.17, 15) is 14.0 Å². The van der Waals surface area contributed by atoms with Gasteiger partial charge in [-0.15, -0.1) is 0 Å². The number of nitrogens with zero attached hydrogens (tertiary/aromatic N) is 2. The molecule has 30 heavy (non-hydrogen) atoms. The van der Waals surface area contributed by atoms with E-state index < -0.39 is 17.0 Å². The van der Waals surface area contributed by atoms with Gasteiger partial charge in [0.15, 0.2) is 0 Å². The summed E-state index contributed by atoms with van der Waals surface area (Å²) in [7, 11) is 1.98. The van der Waals surface area contributed by atoms with E-state index in [1.54, 1.807) is 24.3 Å². The number of carbonyl (C=O) groups excluding carboxylic acids is 2. The molecule has 3 aromatic rings. The predicted octanol–water partition coefficient (Wildman–Crippen LogP) is 5.83. The summed E-state index contributed by atoms with van der Waals surface area (Å²) in [5.41, 5.74) is 3.21. The van der Waals surface area contributed by atoms with Crippen LogP contribution in [0.1, 0.15) is 11.1 Å². The first-order valence-corrected chi connectivity index (χ1v) is 10.2. The second-order valence-corrected chi connectivity index (χ2v) is 7.84. The van der Waals surface area contributed by atoms with Crippen LogP contribution in [-0.2, 0) is 11.3 Å². The van der Waals surface area contributed by atoms with Gasteiger partial charge in [-0.1, -0.05) is 48.5 Å². The summed E-state index contributed by atoms with van der Waals surface area (Å²) in [6.07, 6.45) is 1.69. The van der Waals surface area contributed by atoms with E-state index in [1.807, 2.05) is 61.6 Å². The maximum absolute atomic E-state index is 13.9. The van der Waals surface area contributed by atoms with Crippen LogP contribution in [0.3, 0.4) is 0 Å². The van der Waals surface area contributed by atoms with Gasteiger partial charge in [0, 0.05) is 24.0 Å². The van der Waals surface area contributed by atoms with Crippen molar-refractivity contribution in [3.05, 3.63) is 101 Å². The summed E-state index contributed by atoms with van der Waals surface area (Å²) in [6, 6.07) is 23.9. The van der Waals surface area contributed by atoms with Gasteiger partial charge in [-0.05, 0) is 53.7 Å². The van der Waals surface area contributed by atoms with Gasteiger partial charge in [-0.25, -0.2) is 4.39 Å². The molecule has 0 unspecified atom stereocenters. The van der Waals surface area contributed by atoms with Crippen molar-refractivity contribution in [3.63, 3.8) is 0 Å². The van der Waals surface area contributed by atoms with Crippen LogP contribution in [0.15, 0.2) is 83.8 Å². The van der Waals surface area contributed by atoms with E-state index in [2.05, 4.69) is 4.90 Å². The molecule has 4 nitrogen and oxygen atoms in total. The molecular weight excluding hydrogens is 399 g/mol. The minimum atomic E-state index is -0.432. The lowest BCUT2D eigenvalue weighted by atomic mass is 10.1. The summed E-state index contributed by atoms with van der Waals surface area (Å²) in [5, 5.41) is -0.394. The maximum Gasteiger partial charge on any atom is 0.293 e. The van der Waals surface area contributed by atoms with Gasteiger partial charge in [0.05, 0.1) is 11.4 Å². The molecule has 1 fully saturated rings. The molecule has 4 rings (SSSR count). The zero-order chi connectivity index (χ0) is 21.1. The Kier molecular flexibility index (Phi) is 5.68. The Morgan fingerprint density at radius 3 is 2.23 bits per heavy atom. The highest BCUT2D eigenvalue weighted by molar-refractivity contribution is 8.18. The molecule has 2 amide bonds. The first-order chi connectivity index (χ1) is 14.5. The van der Waals surface area contributed by atoms with Crippen molar-refractivity contribution in [2.24, 2.45) is 0 Å². The Morgan fingerprint density at radius 1 is 0.900 bits per heavy atom. The number of para-hydroxylation sites is 1. The average Bonchev–Trinajstić information content (AvgIpc) is 3.03. The third-order valence-corrected chi connectivity index (χ3v) is 5.79. The average molecular weight is 418 g/mol. The highest BCUT2D eigenvalue weighted by Gasteiger charge is 2.35. The molecule has 1 heterocycles. The number of imide groups is 1. The smallest absolute Gasteiger partial charge is 0.293 e. The summed E-state index contributed by atoms with van der Waals surface area (Å²) in [5.74, 6) is -0.836. The van der Waals surface area contributed by atoms with Crippen LogP contribution in [0.25, 0.3) is 6.08 Å².